The molecule has 4 N–H and O–H groups in total. The van der Waals surface area contributed by atoms with E-state index in [0.29, 0.717) is 59.7 Å². The Hall–Kier alpha value is -3.69. The number of nitrogens with zero attached hydrogens (tertiary/aromatic N) is 2. The van der Waals surface area contributed by atoms with Crippen LogP contribution in [0.3, 0.4) is 0 Å². The third kappa shape index (κ3) is 4.04. The maximum Gasteiger partial charge on any atom is 0.276 e. The van der Waals surface area contributed by atoms with Crippen LogP contribution in [0, 0.1) is 0 Å². The van der Waals surface area contributed by atoms with Crippen LogP contribution in [-0.2, 0) is 9.47 Å². The zero-order valence-electron chi connectivity index (χ0n) is 19.0. The number of amides is 1. The van der Waals surface area contributed by atoms with Gasteiger partial charge < -0.3 is 30.1 Å². The third-order valence-electron chi connectivity index (χ3n) is 6.35. The number of H-pyrrole nitrogens is 2. The molecule has 3 heterocycles. The molecule has 2 aromatic heterocycles. The van der Waals surface area contributed by atoms with Crippen molar-refractivity contribution in [2.75, 3.05) is 39.2 Å². The summed E-state index contributed by atoms with van der Waals surface area (Å²) in [5.74, 6) is -0.0744. The molecule has 9 heteroatoms. The van der Waals surface area contributed by atoms with Crippen LogP contribution in [0.4, 0.5) is 5.69 Å². The first-order chi connectivity index (χ1) is 16.6. The minimum absolute atomic E-state index is 0.0744. The van der Waals surface area contributed by atoms with Crippen LogP contribution < -0.4 is 11.3 Å². The van der Waals surface area contributed by atoms with E-state index >= 15 is 0 Å². The van der Waals surface area contributed by atoms with E-state index in [1.54, 1.807) is 25.3 Å². The van der Waals surface area contributed by atoms with E-state index in [0.717, 1.165) is 18.4 Å². The van der Waals surface area contributed by atoms with Gasteiger partial charge in [-0.25, -0.2) is 4.98 Å². The molecule has 0 radical (unpaired) electrons. The number of ether oxygens (including phenoxy) is 2. The minimum Gasteiger partial charge on any atom is -0.396 e. The molecule has 0 saturated carbocycles. The van der Waals surface area contributed by atoms with Crippen LogP contribution in [-0.4, -0.2) is 65.3 Å². The van der Waals surface area contributed by atoms with E-state index < -0.39 is 0 Å². The van der Waals surface area contributed by atoms with Gasteiger partial charge in [0.15, 0.2) is 5.69 Å². The number of para-hydroxylation sites is 2. The molecule has 1 aliphatic heterocycles. The quantitative estimate of drug-likeness (QED) is 0.405. The summed E-state index contributed by atoms with van der Waals surface area (Å²) in [4.78, 5) is 38.7. The van der Waals surface area contributed by atoms with Gasteiger partial charge in [0, 0.05) is 49.4 Å². The molecular formula is C25H27N5O4. The van der Waals surface area contributed by atoms with Gasteiger partial charge in [-0.15, -0.1) is 0 Å². The largest absolute Gasteiger partial charge is 0.396 e. The molecule has 9 nitrogen and oxygen atoms in total. The molecule has 0 spiro atoms. The Labute approximate surface area is 195 Å². The normalized spacial score (nSPS) is 14.6. The van der Waals surface area contributed by atoms with E-state index in [1.165, 1.54) is 0 Å². The zero-order chi connectivity index (χ0) is 23.7. The highest BCUT2D eigenvalue weighted by Crippen LogP contribution is 2.32. The van der Waals surface area contributed by atoms with Crippen molar-refractivity contribution in [2.45, 2.75) is 18.9 Å². The molecule has 2 aromatic carbocycles. The fraction of sp³-hybridized carbons (Fsp3) is 0.320. The lowest BCUT2D eigenvalue weighted by Crippen LogP contribution is -2.45. The topological polar surface area (TPSA) is 126 Å². The average Bonchev–Trinajstić information content (AvgIpc) is 3.19. The fourth-order valence-corrected chi connectivity index (χ4v) is 4.53. The highest BCUT2D eigenvalue weighted by Gasteiger charge is 2.27. The number of fused-ring (bicyclic) bond motifs is 2. The molecular weight excluding hydrogens is 434 g/mol. The summed E-state index contributed by atoms with van der Waals surface area (Å²) >= 11 is 0. The number of anilines is 1. The lowest BCUT2D eigenvalue weighted by atomic mass is 10.0. The number of carbonyl (C=O) groups excluding carboxylic acids is 1. The van der Waals surface area contributed by atoms with E-state index in [-0.39, 0.29) is 23.2 Å². The smallest absolute Gasteiger partial charge is 0.276 e. The van der Waals surface area contributed by atoms with Crippen LogP contribution in [0.15, 0.2) is 47.3 Å². The highest BCUT2D eigenvalue weighted by atomic mass is 16.5. The Morgan fingerprint density at radius 3 is 2.76 bits per heavy atom. The van der Waals surface area contributed by atoms with E-state index in [1.807, 2.05) is 29.2 Å². The number of hydrogen-bond acceptors (Lipinski definition) is 6. The first kappa shape index (κ1) is 22.1. The summed E-state index contributed by atoms with van der Waals surface area (Å²) in [6, 6.07) is 12.8. The molecule has 1 fully saturated rings. The summed E-state index contributed by atoms with van der Waals surface area (Å²) in [6.45, 7) is 2.24. The average molecular weight is 462 g/mol. The maximum absolute atomic E-state index is 13.5. The van der Waals surface area contributed by atoms with Gasteiger partial charge in [-0.1, -0.05) is 12.1 Å². The molecule has 4 aromatic rings. The van der Waals surface area contributed by atoms with Crippen molar-refractivity contribution in [3.63, 3.8) is 0 Å². The third-order valence-corrected chi connectivity index (χ3v) is 6.35. The SMILES string of the molecule is COCCN(C(=O)c1ccc2[nH]c(-c3nc4ccccc4[nH]c3=O)c(N)c2c1)C1CCOCC1. The first-order valence-electron chi connectivity index (χ1n) is 11.3. The minimum atomic E-state index is -0.335. The molecule has 0 unspecified atom stereocenters. The lowest BCUT2D eigenvalue weighted by Gasteiger charge is -2.34. The number of nitrogen functional groups attached to an aromatic ring is 1. The number of carbonyl (C=O) groups is 1. The van der Waals surface area contributed by atoms with Crippen LogP contribution in [0.5, 0.6) is 0 Å². The monoisotopic (exact) mass is 461 g/mol. The lowest BCUT2D eigenvalue weighted by molar-refractivity contribution is 0.0221. The van der Waals surface area contributed by atoms with Gasteiger partial charge in [0.25, 0.3) is 11.5 Å². The van der Waals surface area contributed by atoms with Gasteiger partial charge in [0.1, 0.15) is 0 Å². The second kappa shape index (κ2) is 9.28. The van der Waals surface area contributed by atoms with Crippen molar-refractivity contribution in [3.8, 4) is 11.4 Å². The van der Waals surface area contributed by atoms with Crippen molar-refractivity contribution in [3.05, 3.63) is 58.4 Å². The number of benzene rings is 2. The van der Waals surface area contributed by atoms with E-state index in [9.17, 15) is 9.59 Å². The molecule has 176 valence electrons. The van der Waals surface area contributed by atoms with Gasteiger partial charge in [0.2, 0.25) is 0 Å². The summed E-state index contributed by atoms with van der Waals surface area (Å²) < 4.78 is 10.7. The maximum atomic E-state index is 13.5. The van der Waals surface area contributed by atoms with Gasteiger partial charge in [-0.2, -0.15) is 0 Å². The Kier molecular flexibility index (Phi) is 6.04. The molecule has 0 bridgehead atoms. The summed E-state index contributed by atoms with van der Waals surface area (Å²) in [5, 5.41) is 0.675. The van der Waals surface area contributed by atoms with Gasteiger partial charge in [-0.05, 0) is 43.2 Å². The number of methoxy groups -OCH3 is 1. The number of aromatic nitrogens is 3. The molecule has 5 rings (SSSR count). The van der Waals surface area contributed by atoms with Gasteiger partial charge in [-0.3, -0.25) is 9.59 Å². The van der Waals surface area contributed by atoms with Crippen molar-refractivity contribution in [1.82, 2.24) is 19.9 Å². The second-order valence-electron chi connectivity index (χ2n) is 8.44. The number of aromatic amines is 2. The Morgan fingerprint density at radius 2 is 1.97 bits per heavy atom. The zero-order valence-corrected chi connectivity index (χ0v) is 19.0. The first-order valence-corrected chi connectivity index (χ1v) is 11.3. The van der Waals surface area contributed by atoms with Gasteiger partial charge in [0.05, 0.1) is 29.0 Å². The number of nitrogens with one attached hydrogen (secondary N) is 2. The molecule has 0 aliphatic carbocycles. The van der Waals surface area contributed by atoms with Gasteiger partial charge >= 0.3 is 0 Å². The second-order valence-corrected chi connectivity index (χ2v) is 8.44. The van der Waals surface area contributed by atoms with Crippen LogP contribution in [0.25, 0.3) is 33.3 Å². The molecule has 1 saturated heterocycles. The van der Waals surface area contributed by atoms with Crippen molar-refractivity contribution in [2.24, 2.45) is 0 Å². The van der Waals surface area contributed by atoms with Crippen LogP contribution >= 0.6 is 0 Å². The van der Waals surface area contributed by atoms with E-state index in [4.69, 9.17) is 15.2 Å². The number of rotatable bonds is 6. The molecule has 0 atom stereocenters. The molecule has 1 aliphatic rings. The number of hydrogen-bond donors (Lipinski definition) is 3. The van der Waals surface area contributed by atoms with Crippen molar-refractivity contribution < 1.29 is 14.3 Å². The van der Waals surface area contributed by atoms with Crippen molar-refractivity contribution >= 4 is 33.5 Å². The predicted octanol–water partition coefficient (Wildman–Crippen LogP) is 2.92. The van der Waals surface area contributed by atoms with E-state index in [2.05, 4.69) is 15.0 Å². The molecule has 1 amide bonds. The van der Waals surface area contributed by atoms with Crippen molar-refractivity contribution in [1.29, 1.82) is 0 Å². The Balaban J connectivity index is 1.53. The number of nitrogens with two attached hydrogens (primary N) is 1. The van der Waals surface area contributed by atoms with Crippen LogP contribution in [0.2, 0.25) is 0 Å². The summed E-state index contributed by atoms with van der Waals surface area (Å²) in [5.41, 5.74) is 9.75. The Morgan fingerprint density at radius 1 is 1.18 bits per heavy atom. The van der Waals surface area contributed by atoms with Crippen LogP contribution in [0.1, 0.15) is 23.2 Å². The highest BCUT2D eigenvalue weighted by molar-refractivity contribution is 6.04. The Bertz CT molecular complexity index is 1400. The molecule has 34 heavy (non-hydrogen) atoms. The summed E-state index contributed by atoms with van der Waals surface area (Å²) in [7, 11) is 1.63. The predicted molar refractivity (Wildman–Crippen MR) is 131 cm³/mol. The summed E-state index contributed by atoms with van der Waals surface area (Å²) in [6.07, 6.45) is 1.59. The standard InChI is InChI=1S/C25H27N5O4/c1-33-13-10-30(16-8-11-34-12-9-16)25(32)15-6-7-18-17(14-15)21(26)22(27-18)23-24(31)29-20-5-3-2-4-19(20)28-23/h2-7,14,16,27H,8-13,26H2,1H3,(H,29,31). The fourth-order valence-electron chi connectivity index (χ4n) is 4.53.